The van der Waals surface area contributed by atoms with Gasteiger partial charge in [0.15, 0.2) is 17.3 Å². The molecule has 1 unspecified atom stereocenters. The Morgan fingerprint density at radius 3 is 2.63 bits per heavy atom. The monoisotopic (exact) mass is 369 g/mol. The number of piperidine rings is 1. The van der Waals surface area contributed by atoms with Crippen LogP contribution in [0, 0.1) is 5.92 Å². The minimum absolute atomic E-state index is 0.0608. The van der Waals surface area contributed by atoms with Gasteiger partial charge in [-0.1, -0.05) is 13.8 Å². The van der Waals surface area contributed by atoms with Crippen LogP contribution in [0.2, 0.25) is 0 Å². The molecule has 1 aromatic carbocycles. The van der Waals surface area contributed by atoms with E-state index in [-0.39, 0.29) is 11.7 Å². The zero-order valence-corrected chi connectivity index (χ0v) is 16.4. The van der Waals surface area contributed by atoms with Crippen LogP contribution in [-0.4, -0.2) is 43.1 Å². The molecule has 27 heavy (non-hydrogen) atoms. The van der Waals surface area contributed by atoms with Crippen molar-refractivity contribution in [2.45, 2.75) is 32.6 Å². The molecule has 6 heteroatoms. The molecule has 2 heterocycles. The van der Waals surface area contributed by atoms with Crippen LogP contribution < -0.4 is 14.4 Å². The summed E-state index contributed by atoms with van der Waals surface area (Å²) in [7, 11) is 3.17. The van der Waals surface area contributed by atoms with Crippen molar-refractivity contribution in [2.75, 3.05) is 32.2 Å². The number of carbonyl (C=O) groups excluding carboxylic acids is 1. The quantitative estimate of drug-likeness (QED) is 0.723. The van der Waals surface area contributed by atoms with Crippen molar-refractivity contribution in [1.29, 1.82) is 0 Å². The summed E-state index contributed by atoms with van der Waals surface area (Å²) in [6, 6.07) is 7.39. The normalized spacial score (nSPS) is 17.1. The van der Waals surface area contributed by atoms with Crippen molar-refractivity contribution in [2.24, 2.45) is 5.92 Å². The van der Waals surface area contributed by atoms with Crippen LogP contribution in [0.3, 0.4) is 0 Å². The number of rotatable bonds is 6. The van der Waals surface area contributed by atoms with Gasteiger partial charge in [0, 0.05) is 36.3 Å². The van der Waals surface area contributed by atoms with Gasteiger partial charge in [-0.25, -0.2) is 9.97 Å². The first-order valence-electron chi connectivity index (χ1n) is 9.36. The van der Waals surface area contributed by atoms with E-state index in [2.05, 4.69) is 28.7 Å². The summed E-state index contributed by atoms with van der Waals surface area (Å²) in [5.74, 6) is 2.53. The van der Waals surface area contributed by atoms with E-state index in [1.807, 2.05) is 12.1 Å². The van der Waals surface area contributed by atoms with Gasteiger partial charge >= 0.3 is 0 Å². The summed E-state index contributed by atoms with van der Waals surface area (Å²) in [6.07, 6.45) is 3.46. The molecule has 1 aliphatic heterocycles. The Hall–Kier alpha value is -2.63. The molecule has 6 nitrogen and oxygen atoms in total. The predicted octanol–water partition coefficient (Wildman–Crippen LogP) is 3.72. The van der Waals surface area contributed by atoms with E-state index in [4.69, 9.17) is 9.47 Å². The van der Waals surface area contributed by atoms with Crippen molar-refractivity contribution in [3.8, 4) is 11.5 Å². The predicted molar refractivity (Wildman–Crippen MR) is 105 cm³/mol. The molecule has 1 fully saturated rings. The van der Waals surface area contributed by atoms with Crippen molar-refractivity contribution in [1.82, 2.24) is 9.97 Å². The topological polar surface area (TPSA) is 64.5 Å². The van der Waals surface area contributed by atoms with Gasteiger partial charge in [-0.05, 0) is 37.0 Å². The highest BCUT2D eigenvalue weighted by Gasteiger charge is 2.28. The van der Waals surface area contributed by atoms with E-state index in [9.17, 15) is 4.79 Å². The summed E-state index contributed by atoms with van der Waals surface area (Å²) < 4.78 is 10.6. The summed E-state index contributed by atoms with van der Waals surface area (Å²) in [6.45, 7) is 5.81. The SMILES string of the molecule is COc1ccc(C(=O)C2CCCN(c3cc(C(C)C)ncn3)C2)cc1OC. The van der Waals surface area contributed by atoms with Crippen LogP contribution in [0.4, 0.5) is 5.82 Å². The third-order valence-corrected chi connectivity index (χ3v) is 5.05. The highest BCUT2D eigenvalue weighted by molar-refractivity contribution is 5.98. The molecular weight excluding hydrogens is 342 g/mol. The fraction of sp³-hybridized carbons (Fsp3) is 0.476. The number of benzene rings is 1. The van der Waals surface area contributed by atoms with E-state index in [1.165, 1.54) is 0 Å². The van der Waals surface area contributed by atoms with Crippen LogP contribution in [0.25, 0.3) is 0 Å². The van der Waals surface area contributed by atoms with E-state index >= 15 is 0 Å². The molecule has 0 amide bonds. The Morgan fingerprint density at radius 1 is 1.15 bits per heavy atom. The van der Waals surface area contributed by atoms with Gasteiger partial charge in [0.1, 0.15) is 12.1 Å². The standard InChI is InChI=1S/C21H27N3O3/c1-14(2)17-11-20(23-13-22-17)24-9-5-6-16(12-24)21(25)15-7-8-18(26-3)19(10-15)27-4/h7-8,10-11,13-14,16H,5-6,9,12H2,1-4H3. The first kappa shape index (κ1) is 19.1. The van der Waals surface area contributed by atoms with E-state index < -0.39 is 0 Å². The fourth-order valence-corrected chi connectivity index (χ4v) is 3.47. The van der Waals surface area contributed by atoms with Crippen LogP contribution in [0.5, 0.6) is 11.5 Å². The van der Waals surface area contributed by atoms with Crippen LogP contribution in [-0.2, 0) is 0 Å². The number of aromatic nitrogens is 2. The number of ether oxygens (including phenoxy) is 2. The number of anilines is 1. The van der Waals surface area contributed by atoms with Crippen molar-refractivity contribution >= 4 is 11.6 Å². The van der Waals surface area contributed by atoms with Gasteiger partial charge in [-0.3, -0.25) is 4.79 Å². The average molecular weight is 369 g/mol. The lowest BCUT2D eigenvalue weighted by atomic mass is 9.89. The maximum Gasteiger partial charge on any atom is 0.167 e. The summed E-state index contributed by atoms with van der Waals surface area (Å²) >= 11 is 0. The minimum atomic E-state index is -0.0608. The highest BCUT2D eigenvalue weighted by Crippen LogP contribution is 2.31. The molecule has 0 N–H and O–H groups in total. The average Bonchev–Trinajstić information content (AvgIpc) is 2.72. The lowest BCUT2D eigenvalue weighted by Crippen LogP contribution is -2.39. The molecule has 2 aromatic rings. The Morgan fingerprint density at radius 2 is 1.93 bits per heavy atom. The second-order valence-electron chi connectivity index (χ2n) is 7.17. The summed E-state index contributed by atoms with van der Waals surface area (Å²) in [5.41, 5.74) is 1.68. The van der Waals surface area contributed by atoms with E-state index in [1.54, 1.807) is 32.7 Å². The van der Waals surface area contributed by atoms with Gasteiger partial charge in [0.2, 0.25) is 0 Å². The highest BCUT2D eigenvalue weighted by atomic mass is 16.5. The molecule has 0 radical (unpaired) electrons. The number of carbonyl (C=O) groups is 1. The van der Waals surface area contributed by atoms with Gasteiger partial charge in [-0.15, -0.1) is 0 Å². The maximum atomic E-state index is 13.1. The number of ketones is 1. The third kappa shape index (κ3) is 4.21. The molecule has 1 atom stereocenters. The van der Waals surface area contributed by atoms with Gasteiger partial charge in [0.05, 0.1) is 14.2 Å². The zero-order valence-electron chi connectivity index (χ0n) is 16.4. The minimum Gasteiger partial charge on any atom is -0.493 e. The van der Waals surface area contributed by atoms with Crippen LogP contribution >= 0.6 is 0 Å². The largest absolute Gasteiger partial charge is 0.493 e. The summed E-state index contributed by atoms with van der Waals surface area (Å²) in [5, 5.41) is 0. The molecule has 1 saturated heterocycles. The zero-order chi connectivity index (χ0) is 19.4. The molecule has 0 aliphatic carbocycles. The van der Waals surface area contributed by atoms with Gasteiger partial charge in [0.25, 0.3) is 0 Å². The fourth-order valence-electron chi connectivity index (χ4n) is 3.47. The second kappa shape index (κ2) is 8.37. The van der Waals surface area contributed by atoms with Crippen molar-refractivity contribution in [3.63, 3.8) is 0 Å². The Bertz CT molecular complexity index is 807. The van der Waals surface area contributed by atoms with Crippen molar-refractivity contribution in [3.05, 3.63) is 41.9 Å². The molecular formula is C21H27N3O3. The molecule has 144 valence electrons. The Kier molecular flexibility index (Phi) is 5.94. The Balaban J connectivity index is 1.78. The lowest BCUT2D eigenvalue weighted by molar-refractivity contribution is 0.0906. The first-order chi connectivity index (χ1) is 13.0. The summed E-state index contributed by atoms with van der Waals surface area (Å²) in [4.78, 5) is 24.0. The molecule has 3 rings (SSSR count). The molecule has 1 aromatic heterocycles. The molecule has 0 saturated carbocycles. The van der Waals surface area contributed by atoms with Crippen molar-refractivity contribution < 1.29 is 14.3 Å². The number of Topliss-reactive ketones (excluding diaryl/α,β-unsaturated/α-hetero) is 1. The first-order valence-corrected chi connectivity index (χ1v) is 9.36. The number of hydrogen-bond donors (Lipinski definition) is 0. The molecule has 1 aliphatic rings. The number of methoxy groups -OCH3 is 2. The second-order valence-corrected chi connectivity index (χ2v) is 7.17. The number of hydrogen-bond acceptors (Lipinski definition) is 6. The van der Waals surface area contributed by atoms with Gasteiger partial charge in [-0.2, -0.15) is 0 Å². The van der Waals surface area contributed by atoms with Crippen LogP contribution in [0.1, 0.15) is 48.7 Å². The smallest absolute Gasteiger partial charge is 0.167 e. The molecule has 0 spiro atoms. The molecule has 0 bridgehead atoms. The van der Waals surface area contributed by atoms with E-state index in [0.29, 0.717) is 29.5 Å². The lowest BCUT2D eigenvalue weighted by Gasteiger charge is -2.33. The maximum absolute atomic E-state index is 13.1. The van der Waals surface area contributed by atoms with Gasteiger partial charge < -0.3 is 14.4 Å². The van der Waals surface area contributed by atoms with E-state index in [0.717, 1.165) is 30.9 Å². The number of nitrogens with zero attached hydrogens (tertiary/aromatic N) is 3. The third-order valence-electron chi connectivity index (χ3n) is 5.05. The Labute approximate surface area is 160 Å². The van der Waals surface area contributed by atoms with Crippen LogP contribution in [0.15, 0.2) is 30.6 Å².